The highest BCUT2D eigenvalue weighted by atomic mass is 35.5. The molecule has 19 heavy (non-hydrogen) atoms. The topological polar surface area (TPSA) is 40.5 Å². The first-order valence-electron chi connectivity index (χ1n) is 6.01. The van der Waals surface area contributed by atoms with Crippen LogP contribution in [0.4, 0.5) is 0 Å². The Hall–Kier alpha value is -1.03. The molecule has 0 aromatic heterocycles. The van der Waals surface area contributed by atoms with Gasteiger partial charge in [-0.25, -0.2) is 0 Å². The third-order valence-electron chi connectivity index (χ3n) is 2.64. The van der Waals surface area contributed by atoms with Crippen molar-refractivity contribution in [3.8, 4) is 0 Å². The molecule has 0 aliphatic rings. The number of hydrogen-bond acceptors (Lipinski definition) is 2. The molecule has 0 saturated heterocycles. The zero-order valence-corrected chi connectivity index (χ0v) is 12.4. The van der Waals surface area contributed by atoms with Gasteiger partial charge in [0.25, 0.3) is 0 Å². The maximum atomic E-state index is 12.0. The number of halogens is 2. The van der Waals surface area contributed by atoms with Gasteiger partial charge >= 0.3 is 0 Å². The van der Waals surface area contributed by atoms with Crippen molar-refractivity contribution in [2.24, 2.45) is 0 Å². The van der Waals surface area contributed by atoms with E-state index in [0.29, 0.717) is 22.2 Å². The van der Waals surface area contributed by atoms with Crippen molar-refractivity contribution in [2.75, 3.05) is 13.2 Å². The van der Waals surface area contributed by atoms with Crippen LogP contribution in [0, 0.1) is 0 Å². The van der Waals surface area contributed by atoms with E-state index < -0.39 is 0 Å². The Morgan fingerprint density at radius 1 is 1.37 bits per heavy atom. The average Bonchev–Trinajstić information content (AvgIpc) is 2.34. The first-order chi connectivity index (χ1) is 8.97. The van der Waals surface area contributed by atoms with Gasteiger partial charge in [0.15, 0.2) is 0 Å². The Bertz CT molecular complexity index is 452. The fourth-order valence-corrected chi connectivity index (χ4v) is 2.17. The molecule has 0 saturated carbocycles. The van der Waals surface area contributed by atoms with Crippen molar-refractivity contribution in [1.82, 2.24) is 4.90 Å². The molecule has 0 aliphatic carbocycles. The molecule has 0 aliphatic heterocycles. The predicted octanol–water partition coefficient (Wildman–Crippen LogP) is 3.24. The minimum Gasteiger partial charge on any atom is -0.395 e. The van der Waals surface area contributed by atoms with E-state index in [1.165, 1.54) is 6.08 Å². The van der Waals surface area contributed by atoms with Gasteiger partial charge < -0.3 is 10.0 Å². The van der Waals surface area contributed by atoms with Crippen molar-refractivity contribution in [1.29, 1.82) is 0 Å². The number of amides is 1. The fourth-order valence-electron chi connectivity index (χ4n) is 1.65. The number of rotatable bonds is 5. The molecule has 1 aromatic rings. The summed E-state index contributed by atoms with van der Waals surface area (Å²) >= 11 is 12.0. The van der Waals surface area contributed by atoms with Crippen LogP contribution in [0.2, 0.25) is 10.0 Å². The van der Waals surface area contributed by atoms with Crippen molar-refractivity contribution in [3.05, 3.63) is 39.9 Å². The summed E-state index contributed by atoms with van der Waals surface area (Å²) in [5, 5.41) is 9.94. The van der Waals surface area contributed by atoms with Gasteiger partial charge in [-0.1, -0.05) is 29.3 Å². The molecular formula is C14H17Cl2NO2. The predicted molar refractivity (Wildman–Crippen MR) is 79.4 cm³/mol. The van der Waals surface area contributed by atoms with Crippen LogP contribution in [0.5, 0.6) is 0 Å². The largest absolute Gasteiger partial charge is 0.395 e. The number of carbonyl (C=O) groups is 1. The van der Waals surface area contributed by atoms with Crippen LogP contribution < -0.4 is 0 Å². The molecule has 0 fully saturated rings. The monoisotopic (exact) mass is 301 g/mol. The van der Waals surface area contributed by atoms with Gasteiger partial charge in [0.1, 0.15) is 0 Å². The number of aliphatic hydroxyl groups is 1. The summed E-state index contributed by atoms with van der Waals surface area (Å²) < 4.78 is 0. The number of nitrogens with zero attached hydrogens (tertiary/aromatic N) is 1. The van der Waals surface area contributed by atoms with E-state index in [2.05, 4.69) is 0 Å². The van der Waals surface area contributed by atoms with Crippen molar-refractivity contribution >= 4 is 35.2 Å². The zero-order valence-electron chi connectivity index (χ0n) is 10.9. The number of aliphatic hydroxyl groups excluding tert-OH is 1. The molecule has 0 heterocycles. The van der Waals surface area contributed by atoms with Crippen LogP contribution in [0.25, 0.3) is 6.08 Å². The summed E-state index contributed by atoms with van der Waals surface area (Å²) in [6.45, 7) is 4.02. The van der Waals surface area contributed by atoms with Crippen LogP contribution in [0.1, 0.15) is 19.4 Å². The van der Waals surface area contributed by atoms with Crippen LogP contribution >= 0.6 is 23.2 Å². The molecule has 0 unspecified atom stereocenters. The Balaban J connectivity index is 2.88. The van der Waals surface area contributed by atoms with E-state index in [1.807, 2.05) is 13.8 Å². The van der Waals surface area contributed by atoms with Gasteiger partial charge in [0.2, 0.25) is 5.91 Å². The lowest BCUT2D eigenvalue weighted by atomic mass is 10.2. The second-order valence-corrected chi connectivity index (χ2v) is 5.13. The first kappa shape index (κ1) is 16.0. The molecule has 1 amide bonds. The van der Waals surface area contributed by atoms with Gasteiger partial charge in [-0.05, 0) is 32.1 Å². The lowest BCUT2D eigenvalue weighted by Gasteiger charge is -2.24. The van der Waals surface area contributed by atoms with E-state index in [0.717, 1.165) is 0 Å². The summed E-state index contributed by atoms with van der Waals surface area (Å²) in [4.78, 5) is 13.6. The molecule has 0 bridgehead atoms. The normalized spacial score (nSPS) is 11.3. The van der Waals surface area contributed by atoms with Crippen molar-refractivity contribution in [3.63, 3.8) is 0 Å². The summed E-state index contributed by atoms with van der Waals surface area (Å²) in [5.41, 5.74) is 0.617. The molecule has 1 N–H and O–H groups in total. The molecule has 1 rings (SSSR count). The summed E-state index contributed by atoms with van der Waals surface area (Å²) in [7, 11) is 0. The zero-order chi connectivity index (χ0) is 14.4. The van der Waals surface area contributed by atoms with Gasteiger partial charge in [0, 0.05) is 34.3 Å². The van der Waals surface area contributed by atoms with E-state index in [1.54, 1.807) is 29.2 Å². The van der Waals surface area contributed by atoms with Crippen LogP contribution in [0.15, 0.2) is 24.3 Å². The molecule has 104 valence electrons. The van der Waals surface area contributed by atoms with E-state index in [9.17, 15) is 4.79 Å². The van der Waals surface area contributed by atoms with E-state index >= 15 is 0 Å². The third kappa shape index (κ3) is 4.53. The van der Waals surface area contributed by atoms with Crippen LogP contribution in [0.3, 0.4) is 0 Å². The van der Waals surface area contributed by atoms with E-state index in [4.69, 9.17) is 28.3 Å². The molecule has 1 aromatic carbocycles. The van der Waals surface area contributed by atoms with Crippen molar-refractivity contribution < 1.29 is 9.90 Å². The minimum atomic E-state index is -0.181. The smallest absolute Gasteiger partial charge is 0.246 e. The second-order valence-electron chi connectivity index (χ2n) is 4.32. The Morgan fingerprint density at radius 2 is 1.95 bits per heavy atom. The number of carbonyl (C=O) groups excluding carboxylic acids is 1. The lowest BCUT2D eigenvalue weighted by Crippen LogP contribution is -2.37. The molecule has 0 atom stereocenters. The lowest BCUT2D eigenvalue weighted by molar-refractivity contribution is -0.128. The average molecular weight is 302 g/mol. The maximum absolute atomic E-state index is 12.0. The highest BCUT2D eigenvalue weighted by molar-refractivity contribution is 6.37. The molecule has 0 radical (unpaired) electrons. The third-order valence-corrected chi connectivity index (χ3v) is 3.30. The van der Waals surface area contributed by atoms with Crippen molar-refractivity contribution in [2.45, 2.75) is 19.9 Å². The molecule has 5 heteroatoms. The Morgan fingerprint density at radius 3 is 2.42 bits per heavy atom. The van der Waals surface area contributed by atoms with Crippen LogP contribution in [-0.2, 0) is 4.79 Å². The van der Waals surface area contributed by atoms with Gasteiger partial charge in [0.05, 0.1) is 6.61 Å². The van der Waals surface area contributed by atoms with Gasteiger partial charge in [-0.15, -0.1) is 0 Å². The standard InChI is InChI=1S/C14H17Cl2NO2/c1-10(2)17(8-9-18)14(19)7-6-11-12(15)4-3-5-13(11)16/h3-7,10,18H,8-9H2,1-2H3/b7-6+. The maximum Gasteiger partial charge on any atom is 0.246 e. The first-order valence-corrected chi connectivity index (χ1v) is 6.76. The second kappa shape index (κ2) is 7.53. The van der Waals surface area contributed by atoms with Crippen LogP contribution in [-0.4, -0.2) is 35.1 Å². The molecule has 3 nitrogen and oxygen atoms in total. The highest BCUT2D eigenvalue weighted by Crippen LogP contribution is 2.25. The fraction of sp³-hybridized carbons (Fsp3) is 0.357. The Labute approximate surface area is 123 Å². The van der Waals surface area contributed by atoms with Gasteiger partial charge in [-0.3, -0.25) is 4.79 Å². The summed E-state index contributed by atoms with van der Waals surface area (Å²) in [6.07, 6.45) is 3.02. The number of benzene rings is 1. The Kier molecular flexibility index (Phi) is 6.35. The minimum absolute atomic E-state index is 0.0195. The van der Waals surface area contributed by atoms with Gasteiger partial charge in [-0.2, -0.15) is 0 Å². The summed E-state index contributed by atoms with van der Waals surface area (Å²) in [5.74, 6) is -0.181. The molecular weight excluding hydrogens is 285 g/mol. The summed E-state index contributed by atoms with van der Waals surface area (Å²) in [6, 6.07) is 5.19. The number of hydrogen-bond donors (Lipinski definition) is 1. The highest BCUT2D eigenvalue weighted by Gasteiger charge is 2.13. The van der Waals surface area contributed by atoms with E-state index in [-0.39, 0.29) is 18.6 Å². The molecule has 0 spiro atoms. The quantitative estimate of drug-likeness (QED) is 0.848. The SMILES string of the molecule is CC(C)N(CCO)C(=O)/C=C/c1c(Cl)cccc1Cl.